The van der Waals surface area contributed by atoms with Crippen LogP contribution in [0.25, 0.3) is 11.1 Å². The van der Waals surface area contributed by atoms with Gasteiger partial charge in [0.05, 0.1) is 29.1 Å². The van der Waals surface area contributed by atoms with E-state index in [1.807, 2.05) is 4.83 Å². The van der Waals surface area contributed by atoms with Crippen molar-refractivity contribution in [1.29, 1.82) is 0 Å². The minimum atomic E-state index is -3.80. The number of amides is 1. The third kappa shape index (κ3) is 6.04. The quantitative estimate of drug-likeness (QED) is 0.523. The standard InChI is InChI=1S/C20H26ClFN4O5S/c1-26-18(5-6-30-2)16(11-23-26)14-9-15(19(22)17(21)10-14)20(27)24-25-32(28,29)12-13-3-7-31-8-4-13/h9-11,13,25H,3-8,12H2,1-2H3,(H,24,27). The number of hydrogen-bond donors (Lipinski definition) is 2. The van der Waals surface area contributed by atoms with Crippen molar-refractivity contribution in [2.75, 3.05) is 32.7 Å². The zero-order chi connectivity index (χ0) is 23.3. The van der Waals surface area contributed by atoms with Gasteiger partial charge >= 0.3 is 0 Å². The van der Waals surface area contributed by atoms with E-state index in [0.717, 1.165) is 5.69 Å². The highest BCUT2D eigenvalue weighted by atomic mass is 35.5. The monoisotopic (exact) mass is 488 g/mol. The van der Waals surface area contributed by atoms with Gasteiger partial charge in [-0.2, -0.15) is 5.10 Å². The number of aryl methyl sites for hydroxylation is 1. The van der Waals surface area contributed by atoms with Crippen LogP contribution >= 0.6 is 11.6 Å². The van der Waals surface area contributed by atoms with Gasteiger partial charge in [0.1, 0.15) is 0 Å². The van der Waals surface area contributed by atoms with E-state index in [0.29, 0.717) is 50.2 Å². The van der Waals surface area contributed by atoms with E-state index in [1.54, 1.807) is 25.0 Å². The summed E-state index contributed by atoms with van der Waals surface area (Å²) in [5.74, 6) is -2.12. The van der Waals surface area contributed by atoms with Crippen LogP contribution in [-0.2, 0) is 33.0 Å². The summed E-state index contributed by atoms with van der Waals surface area (Å²) in [5, 5.41) is 3.96. The van der Waals surface area contributed by atoms with Gasteiger partial charge in [-0.1, -0.05) is 11.6 Å². The van der Waals surface area contributed by atoms with Gasteiger partial charge in [-0.15, -0.1) is 4.83 Å². The largest absolute Gasteiger partial charge is 0.384 e. The maximum absolute atomic E-state index is 14.6. The molecule has 176 valence electrons. The van der Waals surface area contributed by atoms with Crippen LogP contribution in [0.1, 0.15) is 28.9 Å². The maximum atomic E-state index is 14.6. The van der Waals surface area contributed by atoms with Gasteiger partial charge in [0.2, 0.25) is 10.0 Å². The fraction of sp³-hybridized carbons (Fsp3) is 0.500. The van der Waals surface area contributed by atoms with Crippen LogP contribution in [0.5, 0.6) is 0 Å². The topological polar surface area (TPSA) is 112 Å². The molecule has 2 aromatic rings. The van der Waals surface area contributed by atoms with Crippen LogP contribution in [0.15, 0.2) is 18.3 Å². The molecule has 1 aliphatic rings. The summed E-state index contributed by atoms with van der Waals surface area (Å²) in [6.07, 6.45) is 3.38. The lowest BCUT2D eigenvalue weighted by atomic mass is 10.0. The Morgan fingerprint density at radius 1 is 1.38 bits per heavy atom. The summed E-state index contributed by atoms with van der Waals surface area (Å²) in [6.45, 7) is 1.46. The molecule has 2 heterocycles. The Balaban J connectivity index is 1.78. The normalized spacial score (nSPS) is 15.1. The second-order valence-corrected chi connectivity index (χ2v) is 9.76. The number of halogens is 2. The molecule has 3 rings (SSSR count). The van der Waals surface area contributed by atoms with E-state index in [4.69, 9.17) is 21.1 Å². The van der Waals surface area contributed by atoms with Gasteiger partial charge in [-0.3, -0.25) is 14.9 Å². The molecule has 1 fully saturated rings. The molecule has 1 saturated heterocycles. The van der Waals surface area contributed by atoms with Crippen molar-refractivity contribution in [3.05, 3.63) is 40.4 Å². The van der Waals surface area contributed by atoms with Gasteiger partial charge in [-0.05, 0) is 36.5 Å². The van der Waals surface area contributed by atoms with E-state index in [1.165, 1.54) is 12.1 Å². The Morgan fingerprint density at radius 3 is 2.78 bits per heavy atom. The second kappa shape index (κ2) is 10.7. The fourth-order valence-corrected chi connectivity index (χ4v) is 5.07. The zero-order valence-corrected chi connectivity index (χ0v) is 19.4. The van der Waals surface area contributed by atoms with E-state index in [2.05, 4.69) is 10.5 Å². The van der Waals surface area contributed by atoms with Crippen LogP contribution in [0.3, 0.4) is 0 Å². The molecule has 1 aromatic carbocycles. The molecular formula is C20H26ClFN4O5S. The highest BCUT2D eigenvalue weighted by Gasteiger charge is 2.24. The third-order valence-electron chi connectivity index (χ3n) is 5.30. The number of carbonyl (C=O) groups excluding carboxylic acids is 1. The molecular weight excluding hydrogens is 463 g/mol. The van der Waals surface area contributed by atoms with E-state index in [9.17, 15) is 17.6 Å². The number of ether oxygens (including phenoxy) is 2. The molecule has 1 aliphatic heterocycles. The van der Waals surface area contributed by atoms with Crippen LogP contribution < -0.4 is 10.3 Å². The van der Waals surface area contributed by atoms with Crippen molar-refractivity contribution in [2.24, 2.45) is 13.0 Å². The lowest BCUT2D eigenvalue weighted by molar-refractivity contribution is 0.0722. The molecule has 0 atom stereocenters. The Kier molecular flexibility index (Phi) is 8.23. The van der Waals surface area contributed by atoms with Gasteiger partial charge in [0.15, 0.2) is 5.82 Å². The highest BCUT2D eigenvalue weighted by Crippen LogP contribution is 2.30. The summed E-state index contributed by atoms with van der Waals surface area (Å²) in [7, 11) is -0.459. The van der Waals surface area contributed by atoms with Gasteiger partial charge in [0.25, 0.3) is 5.91 Å². The molecule has 0 aliphatic carbocycles. The zero-order valence-electron chi connectivity index (χ0n) is 17.9. The van der Waals surface area contributed by atoms with Crippen LogP contribution in [0.2, 0.25) is 5.02 Å². The molecule has 1 aromatic heterocycles. The average molecular weight is 489 g/mol. The van der Waals surface area contributed by atoms with Crippen LogP contribution in [0.4, 0.5) is 4.39 Å². The number of hydrogen-bond acceptors (Lipinski definition) is 6. The molecule has 32 heavy (non-hydrogen) atoms. The smallest absolute Gasteiger partial charge is 0.269 e. The summed E-state index contributed by atoms with van der Waals surface area (Å²) in [6, 6.07) is 2.72. The molecule has 0 radical (unpaired) electrons. The number of nitrogens with zero attached hydrogens (tertiary/aromatic N) is 2. The number of methoxy groups -OCH3 is 1. The van der Waals surface area contributed by atoms with Crippen molar-refractivity contribution in [3.63, 3.8) is 0 Å². The van der Waals surface area contributed by atoms with Crippen molar-refractivity contribution in [1.82, 2.24) is 20.0 Å². The van der Waals surface area contributed by atoms with E-state index >= 15 is 0 Å². The molecule has 0 saturated carbocycles. The minimum Gasteiger partial charge on any atom is -0.384 e. The van der Waals surface area contributed by atoms with Gasteiger partial charge in [-0.25, -0.2) is 12.8 Å². The van der Waals surface area contributed by atoms with Crippen molar-refractivity contribution >= 4 is 27.5 Å². The fourth-order valence-electron chi connectivity index (χ4n) is 3.57. The number of benzene rings is 1. The van der Waals surface area contributed by atoms with E-state index in [-0.39, 0.29) is 22.3 Å². The first-order chi connectivity index (χ1) is 15.2. The Morgan fingerprint density at radius 2 is 2.09 bits per heavy atom. The lowest BCUT2D eigenvalue weighted by Crippen LogP contribution is -2.44. The summed E-state index contributed by atoms with van der Waals surface area (Å²) < 4.78 is 51.3. The summed E-state index contributed by atoms with van der Waals surface area (Å²) in [4.78, 5) is 14.6. The number of nitrogens with one attached hydrogen (secondary N) is 2. The van der Waals surface area contributed by atoms with Crippen molar-refractivity contribution in [3.8, 4) is 11.1 Å². The Bertz CT molecular complexity index is 1070. The van der Waals surface area contributed by atoms with Crippen molar-refractivity contribution < 1.29 is 27.1 Å². The first-order valence-electron chi connectivity index (χ1n) is 10.1. The number of carbonyl (C=O) groups is 1. The molecule has 1 amide bonds. The second-order valence-electron chi connectivity index (χ2n) is 7.58. The van der Waals surface area contributed by atoms with Crippen molar-refractivity contribution in [2.45, 2.75) is 19.3 Å². The average Bonchev–Trinajstić information content (AvgIpc) is 3.13. The molecule has 9 nitrogen and oxygen atoms in total. The van der Waals surface area contributed by atoms with Crippen LogP contribution in [-0.4, -0.2) is 56.8 Å². The first kappa shape index (κ1) is 24.6. The number of sulfonamides is 1. The molecule has 2 N–H and O–H groups in total. The lowest BCUT2D eigenvalue weighted by Gasteiger charge is -2.21. The summed E-state index contributed by atoms with van der Waals surface area (Å²) >= 11 is 6.04. The SMILES string of the molecule is COCCc1c(-c2cc(Cl)c(F)c(C(=O)NNS(=O)(=O)CC3CCOCC3)c2)cnn1C. The third-order valence-corrected chi connectivity index (χ3v) is 6.90. The molecule has 0 bridgehead atoms. The number of rotatable bonds is 9. The number of hydrazine groups is 1. The van der Waals surface area contributed by atoms with Gasteiger partial charge < -0.3 is 9.47 Å². The minimum absolute atomic E-state index is 0.0660. The Hall–Kier alpha value is -2.05. The van der Waals surface area contributed by atoms with Crippen LogP contribution in [0, 0.1) is 11.7 Å². The molecule has 0 spiro atoms. The number of aromatic nitrogens is 2. The van der Waals surface area contributed by atoms with E-state index < -0.39 is 21.7 Å². The summed E-state index contributed by atoms with van der Waals surface area (Å²) in [5.41, 5.74) is 3.66. The molecule has 12 heteroatoms. The highest BCUT2D eigenvalue weighted by molar-refractivity contribution is 7.89. The van der Waals surface area contributed by atoms with Gasteiger partial charge in [0, 0.05) is 45.0 Å². The predicted octanol–water partition coefficient (Wildman–Crippen LogP) is 2.06. The first-order valence-corrected chi connectivity index (χ1v) is 12.1. The predicted molar refractivity (Wildman–Crippen MR) is 117 cm³/mol. The Labute approximate surface area is 191 Å². The maximum Gasteiger partial charge on any atom is 0.269 e. The molecule has 0 unspecified atom stereocenters.